The number of likely N-dealkylation sites (tertiary alicyclic amines) is 1. The van der Waals surface area contributed by atoms with E-state index in [-0.39, 0.29) is 18.0 Å². The average Bonchev–Trinajstić information content (AvgIpc) is 3.12. The minimum atomic E-state index is -0.149. The van der Waals surface area contributed by atoms with Gasteiger partial charge in [-0.1, -0.05) is 6.07 Å². The van der Waals surface area contributed by atoms with Gasteiger partial charge in [-0.3, -0.25) is 4.79 Å². The Balaban J connectivity index is 1.78. The highest BCUT2D eigenvalue weighted by Crippen LogP contribution is 2.30. The van der Waals surface area contributed by atoms with Gasteiger partial charge in [-0.2, -0.15) is 0 Å². The summed E-state index contributed by atoms with van der Waals surface area (Å²) in [4.78, 5) is 33.4. The van der Waals surface area contributed by atoms with Gasteiger partial charge < -0.3 is 20.5 Å². The van der Waals surface area contributed by atoms with Gasteiger partial charge in [0, 0.05) is 37.2 Å². The molecule has 0 aliphatic carbocycles. The lowest BCUT2D eigenvalue weighted by molar-refractivity contribution is -0.114. The maximum Gasteiger partial charge on any atom is 0.322 e. The second kappa shape index (κ2) is 7.38. The number of hydrogen-bond acceptors (Lipinski definition) is 3. The molecule has 0 bridgehead atoms. The Hall–Kier alpha value is -2.83. The highest BCUT2D eigenvalue weighted by molar-refractivity contribution is 5.94. The molecule has 2 heterocycles. The van der Waals surface area contributed by atoms with Gasteiger partial charge in [0.15, 0.2) is 0 Å². The second-order valence-corrected chi connectivity index (χ2v) is 6.27. The van der Waals surface area contributed by atoms with E-state index in [1.54, 1.807) is 12.4 Å². The highest BCUT2D eigenvalue weighted by atomic mass is 16.2. The predicted octanol–water partition coefficient (Wildman–Crippen LogP) is 3.44. The van der Waals surface area contributed by atoms with Gasteiger partial charge in [0.1, 0.15) is 5.82 Å². The van der Waals surface area contributed by atoms with E-state index in [1.807, 2.05) is 30.0 Å². The van der Waals surface area contributed by atoms with Crippen LogP contribution in [0, 0.1) is 6.92 Å². The van der Waals surface area contributed by atoms with E-state index in [2.05, 4.69) is 20.6 Å². The molecule has 1 aromatic carbocycles. The first kappa shape index (κ1) is 17.0. The van der Waals surface area contributed by atoms with Crippen LogP contribution < -0.4 is 10.6 Å². The number of rotatable bonds is 3. The van der Waals surface area contributed by atoms with Gasteiger partial charge >= 0.3 is 6.03 Å². The summed E-state index contributed by atoms with van der Waals surface area (Å²) in [6, 6.07) is 5.28. The Kier molecular flexibility index (Phi) is 5.02. The SMILES string of the molecule is CC(=O)Nc1cccc(NC(=O)N2CCCC[C@H]2c2ncc[nH]2)c1C. The third kappa shape index (κ3) is 3.81. The van der Waals surface area contributed by atoms with Crippen LogP contribution in [0.1, 0.15) is 43.6 Å². The fourth-order valence-corrected chi connectivity index (χ4v) is 3.20. The molecule has 1 aromatic heterocycles. The number of hydrogen-bond donors (Lipinski definition) is 3. The smallest absolute Gasteiger partial charge is 0.322 e. The zero-order chi connectivity index (χ0) is 17.8. The molecule has 2 aromatic rings. The molecule has 0 unspecified atom stereocenters. The van der Waals surface area contributed by atoms with Crippen LogP contribution in [0.3, 0.4) is 0 Å². The zero-order valence-corrected chi connectivity index (χ0v) is 14.5. The molecule has 0 spiro atoms. The number of amides is 3. The lowest BCUT2D eigenvalue weighted by atomic mass is 10.0. The van der Waals surface area contributed by atoms with Crippen molar-refractivity contribution in [1.29, 1.82) is 0 Å². The summed E-state index contributed by atoms with van der Waals surface area (Å²) < 4.78 is 0. The molecule has 0 saturated carbocycles. The number of nitrogens with one attached hydrogen (secondary N) is 3. The highest BCUT2D eigenvalue weighted by Gasteiger charge is 2.29. The number of anilines is 2. The minimum Gasteiger partial charge on any atom is -0.347 e. The lowest BCUT2D eigenvalue weighted by Crippen LogP contribution is -2.41. The topological polar surface area (TPSA) is 90.1 Å². The van der Waals surface area contributed by atoms with Crippen LogP contribution in [0.4, 0.5) is 16.2 Å². The Labute approximate surface area is 146 Å². The van der Waals surface area contributed by atoms with E-state index in [0.29, 0.717) is 17.9 Å². The van der Waals surface area contributed by atoms with Gasteiger partial charge in [-0.15, -0.1) is 0 Å². The van der Waals surface area contributed by atoms with Crippen LogP contribution in [-0.2, 0) is 4.79 Å². The molecule has 1 fully saturated rings. The number of carbonyl (C=O) groups excluding carboxylic acids is 2. The van der Waals surface area contributed by atoms with Gasteiger partial charge in [0.2, 0.25) is 5.91 Å². The molecule has 7 heteroatoms. The molecule has 3 rings (SSSR count). The van der Waals surface area contributed by atoms with E-state index >= 15 is 0 Å². The number of nitrogens with zero attached hydrogens (tertiary/aromatic N) is 2. The number of urea groups is 1. The van der Waals surface area contributed by atoms with E-state index < -0.39 is 0 Å². The summed E-state index contributed by atoms with van der Waals surface area (Å²) in [6.07, 6.45) is 6.44. The van der Waals surface area contributed by atoms with Crippen molar-refractivity contribution >= 4 is 23.3 Å². The Morgan fingerprint density at radius 3 is 2.68 bits per heavy atom. The van der Waals surface area contributed by atoms with E-state index in [4.69, 9.17) is 0 Å². The molecular formula is C18H23N5O2. The van der Waals surface area contributed by atoms with Crippen LogP contribution in [-0.4, -0.2) is 33.4 Å². The number of piperidine rings is 1. The standard InChI is InChI=1S/C18H23N5O2/c1-12-14(21-13(2)24)6-5-7-15(12)22-18(25)23-11-4-3-8-16(23)17-19-9-10-20-17/h5-7,9-10,16H,3-4,8,11H2,1-2H3,(H,19,20)(H,21,24)(H,22,25)/t16-/m0/s1. The number of aromatic amines is 1. The van der Waals surface area contributed by atoms with Gasteiger partial charge in [-0.25, -0.2) is 9.78 Å². The monoisotopic (exact) mass is 341 g/mol. The number of imidazole rings is 1. The number of benzene rings is 1. The maximum atomic E-state index is 12.8. The van der Waals surface area contributed by atoms with Crippen molar-refractivity contribution in [2.45, 2.75) is 39.2 Å². The third-order valence-electron chi connectivity index (χ3n) is 4.48. The third-order valence-corrected chi connectivity index (χ3v) is 4.48. The van der Waals surface area contributed by atoms with Gasteiger partial charge in [0.25, 0.3) is 0 Å². The van der Waals surface area contributed by atoms with Crippen LogP contribution in [0.15, 0.2) is 30.6 Å². The van der Waals surface area contributed by atoms with Crippen LogP contribution >= 0.6 is 0 Å². The summed E-state index contributed by atoms with van der Waals surface area (Å²) in [6.45, 7) is 4.04. The quantitative estimate of drug-likeness (QED) is 0.799. The van der Waals surface area contributed by atoms with Crippen LogP contribution in [0.2, 0.25) is 0 Å². The van der Waals surface area contributed by atoms with E-state index in [1.165, 1.54) is 6.92 Å². The number of aromatic nitrogens is 2. The molecule has 25 heavy (non-hydrogen) atoms. The molecule has 1 aliphatic rings. The van der Waals surface area contributed by atoms with Crippen molar-refractivity contribution in [3.63, 3.8) is 0 Å². The normalized spacial score (nSPS) is 17.2. The van der Waals surface area contributed by atoms with Gasteiger partial charge in [0.05, 0.1) is 6.04 Å². The average molecular weight is 341 g/mol. The van der Waals surface area contributed by atoms with Crippen molar-refractivity contribution < 1.29 is 9.59 Å². The molecule has 3 amide bonds. The molecule has 7 nitrogen and oxygen atoms in total. The largest absolute Gasteiger partial charge is 0.347 e. The predicted molar refractivity (Wildman–Crippen MR) is 96.4 cm³/mol. The fourth-order valence-electron chi connectivity index (χ4n) is 3.20. The Bertz CT molecular complexity index is 757. The molecule has 1 saturated heterocycles. The van der Waals surface area contributed by atoms with Crippen molar-refractivity contribution in [2.24, 2.45) is 0 Å². The van der Waals surface area contributed by atoms with Gasteiger partial charge in [-0.05, 0) is 43.9 Å². The molecule has 3 N–H and O–H groups in total. The number of H-pyrrole nitrogens is 1. The Morgan fingerprint density at radius 2 is 2.00 bits per heavy atom. The summed E-state index contributed by atoms with van der Waals surface area (Å²) in [5.74, 6) is 0.680. The summed E-state index contributed by atoms with van der Waals surface area (Å²) in [5.41, 5.74) is 2.23. The summed E-state index contributed by atoms with van der Waals surface area (Å²) in [5, 5.41) is 5.76. The molecular weight excluding hydrogens is 318 g/mol. The first-order valence-electron chi connectivity index (χ1n) is 8.50. The fraction of sp³-hybridized carbons (Fsp3) is 0.389. The van der Waals surface area contributed by atoms with E-state index in [9.17, 15) is 9.59 Å². The van der Waals surface area contributed by atoms with E-state index in [0.717, 1.165) is 30.7 Å². The summed E-state index contributed by atoms with van der Waals surface area (Å²) >= 11 is 0. The lowest BCUT2D eigenvalue weighted by Gasteiger charge is -2.34. The first-order chi connectivity index (χ1) is 12.1. The van der Waals surface area contributed by atoms with Crippen molar-refractivity contribution in [3.05, 3.63) is 42.0 Å². The second-order valence-electron chi connectivity index (χ2n) is 6.27. The van der Waals surface area contributed by atoms with Crippen molar-refractivity contribution in [1.82, 2.24) is 14.9 Å². The number of carbonyl (C=O) groups is 2. The summed E-state index contributed by atoms with van der Waals surface area (Å²) in [7, 11) is 0. The van der Waals surface area contributed by atoms with Crippen LogP contribution in [0.5, 0.6) is 0 Å². The zero-order valence-electron chi connectivity index (χ0n) is 14.5. The van der Waals surface area contributed by atoms with Crippen LogP contribution in [0.25, 0.3) is 0 Å². The molecule has 0 radical (unpaired) electrons. The Morgan fingerprint density at radius 1 is 1.24 bits per heavy atom. The molecule has 132 valence electrons. The first-order valence-corrected chi connectivity index (χ1v) is 8.50. The molecule has 1 atom stereocenters. The minimum absolute atomic E-state index is 0.0393. The maximum absolute atomic E-state index is 12.8. The van der Waals surface area contributed by atoms with Crippen molar-refractivity contribution in [3.8, 4) is 0 Å². The van der Waals surface area contributed by atoms with Crippen molar-refractivity contribution in [2.75, 3.05) is 17.2 Å². The molecule has 1 aliphatic heterocycles.